The zero-order valence-corrected chi connectivity index (χ0v) is 9.30. The van der Waals surface area contributed by atoms with Gasteiger partial charge >= 0.3 is 0 Å². The Labute approximate surface area is 94.1 Å². The van der Waals surface area contributed by atoms with Crippen molar-refractivity contribution in [3.8, 4) is 11.5 Å². The molecule has 1 aliphatic carbocycles. The van der Waals surface area contributed by atoms with Gasteiger partial charge in [-0.3, -0.25) is 4.79 Å². The van der Waals surface area contributed by atoms with E-state index in [0.717, 1.165) is 0 Å². The summed E-state index contributed by atoms with van der Waals surface area (Å²) in [4.78, 5) is 11.2. The molecule has 2 unspecified atom stereocenters. The van der Waals surface area contributed by atoms with Crippen LogP contribution in [0.25, 0.3) is 0 Å². The van der Waals surface area contributed by atoms with Crippen LogP contribution in [-0.2, 0) is 9.53 Å². The standard InChI is InChI=1S/C12H14O4/c1-14-9-5-3-4-6-10(9)16-11-7-8(13)12(11)15-2/h3-6,11-12H,7H2,1-2H3. The largest absolute Gasteiger partial charge is 0.493 e. The maximum Gasteiger partial charge on any atom is 0.169 e. The van der Waals surface area contributed by atoms with Gasteiger partial charge < -0.3 is 14.2 Å². The molecule has 86 valence electrons. The van der Waals surface area contributed by atoms with Gasteiger partial charge in [-0.25, -0.2) is 0 Å². The zero-order chi connectivity index (χ0) is 11.5. The minimum atomic E-state index is -0.440. The van der Waals surface area contributed by atoms with Crippen LogP contribution in [0.15, 0.2) is 24.3 Å². The highest BCUT2D eigenvalue weighted by Crippen LogP contribution is 2.31. The van der Waals surface area contributed by atoms with Gasteiger partial charge in [0.25, 0.3) is 0 Å². The summed E-state index contributed by atoms with van der Waals surface area (Å²) < 4.78 is 15.9. The third-order valence-electron chi connectivity index (χ3n) is 2.66. The first-order valence-electron chi connectivity index (χ1n) is 5.11. The summed E-state index contributed by atoms with van der Waals surface area (Å²) >= 11 is 0. The minimum absolute atomic E-state index is 0.0856. The first kappa shape index (κ1) is 11.0. The van der Waals surface area contributed by atoms with Crippen LogP contribution in [-0.4, -0.2) is 32.2 Å². The summed E-state index contributed by atoms with van der Waals surface area (Å²) in [6, 6.07) is 7.36. The van der Waals surface area contributed by atoms with Gasteiger partial charge in [-0.05, 0) is 12.1 Å². The summed E-state index contributed by atoms with van der Waals surface area (Å²) in [5.41, 5.74) is 0. The number of methoxy groups -OCH3 is 2. The van der Waals surface area contributed by atoms with Crippen molar-refractivity contribution in [1.82, 2.24) is 0 Å². The molecular weight excluding hydrogens is 208 g/mol. The molecule has 0 radical (unpaired) electrons. The number of ether oxygens (including phenoxy) is 3. The number of Topliss-reactive ketones (excluding diaryl/α,β-unsaturated/α-hetero) is 1. The molecular formula is C12H14O4. The van der Waals surface area contributed by atoms with Gasteiger partial charge in [0, 0.05) is 13.5 Å². The molecule has 0 heterocycles. The smallest absolute Gasteiger partial charge is 0.169 e. The first-order valence-corrected chi connectivity index (χ1v) is 5.11. The number of hydrogen-bond donors (Lipinski definition) is 0. The number of para-hydroxylation sites is 2. The maximum absolute atomic E-state index is 11.2. The number of rotatable bonds is 4. The molecule has 1 aliphatic rings. The van der Waals surface area contributed by atoms with Crippen LogP contribution in [0.1, 0.15) is 6.42 Å². The van der Waals surface area contributed by atoms with E-state index in [9.17, 15) is 4.79 Å². The van der Waals surface area contributed by atoms with E-state index in [1.165, 1.54) is 7.11 Å². The molecule has 4 heteroatoms. The second-order valence-electron chi connectivity index (χ2n) is 3.63. The SMILES string of the molecule is COc1ccccc1OC1CC(=O)C1OC. The number of benzene rings is 1. The van der Waals surface area contributed by atoms with Crippen LogP contribution in [0.2, 0.25) is 0 Å². The van der Waals surface area contributed by atoms with E-state index in [2.05, 4.69) is 0 Å². The Balaban J connectivity index is 2.07. The van der Waals surface area contributed by atoms with Gasteiger partial charge in [0.2, 0.25) is 0 Å². The molecule has 0 bridgehead atoms. The van der Waals surface area contributed by atoms with Crippen LogP contribution in [0.4, 0.5) is 0 Å². The Morgan fingerprint density at radius 1 is 1.19 bits per heavy atom. The average molecular weight is 222 g/mol. The molecule has 2 atom stereocenters. The monoisotopic (exact) mass is 222 g/mol. The number of carbonyl (C=O) groups excluding carboxylic acids is 1. The van der Waals surface area contributed by atoms with Crippen LogP contribution in [0.5, 0.6) is 11.5 Å². The van der Waals surface area contributed by atoms with Crippen LogP contribution < -0.4 is 9.47 Å². The lowest BCUT2D eigenvalue weighted by Crippen LogP contribution is -2.51. The molecule has 0 amide bonds. The molecule has 1 fully saturated rings. The van der Waals surface area contributed by atoms with Crippen molar-refractivity contribution in [1.29, 1.82) is 0 Å². The van der Waals surface area contributed by atoms with Crippen molar-refractivity contribution in [2.24, 2.45) is 0 Å². The van der Waals surface area contributed by atoms with Crippen molar-refractivity contribution in [2.45, 2.75) is 18.6 Å². The lowest BCUT2D eigenvalue weighted by molar-refractivity contribution is -0.151. The molecule has 2 rings (SSSR count). The number of hydrogen-bond acceptors (Lipinski definition) is 4. The van der Waals surface area contributed by atoms with Crippen molar-refractivity contribution in [3.63, 3.8) is 0 Å². The fraction of sp³-hybridized carbons (Fsp3) is 0.417. The van der Waals surface area contributed by atoms with Gasteiger partial charge in [0.1, 0.15) is 6.10 Å². The average Bonchev–Trinajstić information content (AvgIpc) is 2.29. The third-order valence-corrected chi connectivity index (χ3v) is 2.66. The highest BCUT2D eigenvalue weighted by Gasteiger charge is 2.42. The highest BCUT2D eigenvalue weighted by atomic mass is 16.6. The van der Waals surface area contributed by atoms with Crippen LogP contribution >= 0.6 is 0 Å². The van der Waals surface area contributed by atoms with Gasteiger partial charge in [0.05, 0.1) is 7.11 Å². The fourth-order valence-corrected chi connectivity index (χ4v) is 1.73. The van der Waals surface area contributed by atoms with E-state index < -0.39 is 6.10 Å². The Kier molecular flexibility index (Phi) is 3.10. The molecule has 0 N–H and O–H groups in total. The Morgan fingerprint density at radius 3 is 2.44 bits per heavy atom. The Bertz CT molecular complexity index is 388. The van der Waals surface area contributed by atoms with E-state index in [1.807, 2.05) is 24.3 Å². The van der Waals surface area contributed by atoms with Crippen LogP contribution in [0, 0.1) is 0 Å². The fourth-order valence-electron chi connectivity index (χ4n) is 1.73. The Morgan fingerprint density at radius 2 is 1.88 bits per heavy atom. The lowest BCUT2D eigenvalue weighted by atomic mass is 9.90. The van der Waals surface area contributed by atoms with Gasteiger partial charge in [-0.1, -0.05) is 12.1 Å². The summed E-state index contributed by atoms with van der Waals surface area (Å²) in [6.45, 7) is 0. The Hall–Kier alpha value is -1.55. The molecule has 0 spiro atoms. The van der Waals surface area contributed by atoms with Gasteiger partial charge in [-0.2, -0.15) is 0 Å². The molecule has 0 aliphatic heterocycles. The molecule has 0 saturated heterocycles. The molecule has 1 aromatic rings. The molecule has 0 aromatic heterocycles. The predicted octanol–water partition coefficient (Wildman–Crippen LogP) is 1.43. The predicted molar refractivity (Wildman–Crippen MR) is 57.8 cm³/mol. The maximum atomic E-state index is 11.2. The van der Waals surface area contributed by atoms with Crippen molar-refractivity contribution >= 4 is 5.78 Å². The summed E-state index contributed by atoms with van der Waals surface area (Å²) in [7, 11) is 3.10. The normalized spacial score (nSPS) is 23.8. The second kappa shape index (κ2) is 4.53. The van der Waals surface area contributed by atoms with E-state index in [0.29, 0.717) is 17.9 Å². The summed E-state index contributed by atoms with van der Waals surface area (Å²) in [5, 5.41) is 0. The van der Waals surface area contributed by atoms with Crippen molar-refractivity contribution < 1.29 is 19.0 Å². The highest BCUT2D eigenvalue weighted by molar-refractivity contribution is 5.90. The third kappa shape index (κ3) is 1.88. The van der Waals surface area contributed by atoms with Crippen molar-refractivity contribution in [3.05, 3.63) is 24.3 Å². The zero-order valence-electron chi connectivity index (χ0n) is 9.30. The summed E-state index contributed by atoms with van der Waals surface area (Å²) in [5.74, 6) is 1.39. The first-order chi connectivity index (χ1) is 7.76. The molecule has 1 aromatic carbocycles. The van der Waals surface area contributed by atoms with E-state index in [-0.39, 0.29) is 11.9 Å². The summed E-state index contributed by atoms with van der Waals surface area (Å²) in [6.07, 6.45) is -0.241. The molecule has 16 heavy (non-hydrogen) atoms. The van der Waals surface area contributed by atoms with Crippen LogP contribution in [0.3, 0.4) is 0 Å². The van der Waals surface area contributed by atoms with Gasteiger partial charge in [0.15, 0.2) is 23.4 Å². The van der Waals surface area contributed by atoms with E-state index in [1.54, 1.807) is 7.11 Å². The number of ketones is 1. The van der Waals surface area contributed by atoms with Gasteiger partial charge in [-0.15, -0.1) is 0 Å². The minimum Gasteiger partial charge on any atom is -0.493 e. The topological polar surface area (TPSA) is 44.8 Å². The molecule has 4 nitrogen and oxygen atoms in total. The van der Waals surface area contributed by atoms with Crippen molar-refractivity contribution in [2.75, 3.05) is 14.2 Å². The second-order valence-corrected chi connectivity index (χ2v) is 3.63. The lowest BCUT2D eigenvalue weighted by Gasteiger charge is -2.33. The quantitative estimate of drug-likeness (QED) is 0.773. The molecule has 1 saturated carbocycles. The van der Waals surface area contributed by atoms with E-state index >= 15 is 0 Å². The number of carbonyl (C=O) groups is 1. The van der Waals surface area contributed by atoms with E-state index in [4.69, 9.17) is 14.2 Å².